The summed E-state index contributed by atoms with van der Waals surface area (Å²) in [6.07, 6.45) is 2.56. The Balaban J connectivity index is 2.14. The maximum absolute atomic E-state index is 12.2. The number of hydrogen-bond donors (Lipinski definition) is 2. The fourth-order valence-corrected chi connectivity index (χ4v) is 3.60. The predicted octanol–water partition coefficient (Wildman–Crippen LogP) is 1.77. The maximum Gasteiger partial charge on any atom is 0.336 e. The summed E-state index contributed by atoms with van der Waals surface area (Å²) in [5.41, 5.74) is 0.993. The molecular formula is C13H14BrNO5S. The lowest BCUT2D eigenvalue weighted by Gasteiger charge is -2.14. The second kappa shape index (κ2) is 6.69. The molecule has 0 spiro atoms. The van der Waals surface area contributed by atoms with Crippen LogP contribution < -0.4 is 4.72 Å². The Morgan fingerprint density at radius 3 is 2.76 bits per heavy atom. The number of halogens is 1. The molecule has 1 aliphatic heterocycles. The van der Waals surface area contributed by atoms with Crippen LogP contribution in [0.2, 0.25) is 0 Å². The maximum atomic E-state index is 12.2. The Bertz CT molecular complexity index is 684. The van der Waals surface area contributed by atoms with Gasteiger partial charge in [0.2, 0.25) is 10.0 Å². The van der Waals surface area contributed by atoms with Crippen molar-refractivity contribution in [1.29, 1.82) is 0 Å². The molecule has 1 aromatic rings. The van der Waals surface area contributed by atoms with Crippen LogP contribution in [0.4, 0.5) is 0 Å². The fourth-order valence-electron chi connectivity index (χ4n) is 1.83. The molecule has 2 N–H and O–H groups in total. The average molecular weight is 376 g/mol. The van der Waals surface area contributed by atoms with Gasteiger partial charge in [-0.25, -0.2) is 17.9 Å². The van der Waals surface area contributed by atoms with Gasteiger partial charge in [0, 0.05) is 11.0 Å². The summed E-state index contributed by atoms with van der Waals surface area (Å²) < 4.78 is 32.2. The monoisotopic (exact) mass is 375 g/mol. The van der Waals surface area contributed by atoms with Crippen molar-refractivity contribution in [2.24, 2.45) is 0 Å². The minimum atomic E-state index is -3.68. The van der Waals surface area contributed by atoms with Crippen LogP contribution >= 0.6 is 15.9 Å². The van der Waals surface area contributed by atoms with E-state index in [0.29, 0.717) is 19.6 Å². The molecule has 2 rings (SSSR count). The topological polar surface area (TPSA) is 92.7 Å². The van der Waals surface area contributed by atoms with Crippen molar-refractivity contribution in [3.63, 3.8) is 0 Å². The van der Waals surface area contributed by atoms with Crippen molar-refractivity contribution in [2.45, 2.75) is 11.3 Å². The van der Waals surface area contributed by atoms with Gasteiger partial charge in [-0.3, -0.25) is 0 Å². The van der Waals surface area contributed by atoms with E-state index in [4.69, 9.17) is 9.84 Å². The quantitative estimate of drug-likeness (QED) is 0.765. The zero-order valence-electron chi connectivity index (χ0n) is 11.0. The van der Waals surface area contributed by atoms with Crippen LogP contribution in [0.3, 0.4) is 0 Å². The fraction of sp³-hybridized carbons (Fsp3) is 0.308. The van der Waals surface area contributed by atoms with Gasteiger partial charge in [0.25, 0.3) is 0 Å². The Morgan fingerprint density at radius 1 is 1.43 bits per heavy atom. The molecule has 1 heterocycles. The average Bonchev–Trinajstić information content (AvgIpc) is 2.46. The number of ether oxygens (including phenoxy) is 1. The number of carbonyl (C=O) groups is 1. The van der Waals surface area contributed by atoms with Crippen molar-refractivity contribution in [2.75, 3.05) is 19.8 Å². The third-order valence-corrected chi connectivity index (χ3v) is 5.08. The molecule has 0 fully saturated rings. The molecule has 0 saturated carbocycles. The summed E-state index contributed by atoms with van der Waals surface area (Å²) in [6.45, 7) is 1.31. The van der Waals surface area contributed by atoms with Gasteiger partial charge in [-0.2, -0.15) is 0 Å². The van der Waals surface area contributed by atoms with Crippen LogP contribution in [0.1, 0.15) is 16.8 Å². The second-order valence-electron chi connectivity index (χ2n) is 4.46. The van der Waals surface area contributed by atoms with Crippen LogP contribution in [0.5, 0.6) is 0 Å². The first-order valence-corrected chi connectivity index (χ1v) is 8.46. The van der Waals surface area contributed by atoms with E-state index in [0.717, 1.165) is 5.57 Å². The highest BCUT2D eigenvalue weighted by atomic mass is 79.9. The third-order valence-electron chi connectivity index (χ3n) is 3.03. The Morgan fingerprint density at radius 2 is 2.19 bits per heavy atom. The highest BCUT2D eigenvalue weighted by Crippen LogP contribution is 2.21. The standard InChI is InChI=1S/C13H14BrNO5S/c14-12-7-10(1-2-11(12)13(16)17)21(18,19)15-8-9-3-5-20-6-4-9/h1-3,7,15H,4-6,8H2,(H,16,17). The van der Waals surface area contributed by atoms with Gasteiger partial charge < -0.3 is 9.84 Å². The van der Waals surface area contributed by atoms with E-state index < -0.39 is 16.0 Å². The molecule has 0 bridgehead atoms. The van der Waals surface area contributed by atoms with Crippen LogP contribution in [-0.4, -0.2) is 39.3 Å². The lowest BCUT2D eigenvalue weighted by Crippen LogP contribution is -2.27. The van der Waals surface area contributed by atoms with Crippen molar-refractivity contribution < 1.29 is 23.1 Å². The summed E-state index contributed by atoms with van der Waals surface area (Å²) in [6, 6.07) is 3.81. The summed E-state index contributed by atoms with van der Waals surface area (Å²) in [4.78, 5) is 10.9. The lowest BCUT2D eigenvalue weighted by atomic mass is 10.1. The Hall–Kier alpha value is -1.22. The summed E-state index contributed by atoms with van der Waals surface area (Å²) in [7, 11) is -3.68. The number of sulfonamides is 1. The molecule has 0 radical (unpaired) electrons. The number of aromatic carboxylic acids is 1. The van der Waals surface area contributed by atoms with Crippen LogP contribution in [0.15, 0.2) is 39.2 Å². The van der Waals surface area contributed by atoms with Gasteiger partial charge >= 0.3 is 5.97 Å². The van der Waals surface area contributed by atoms with Gasteiger partial charge in [0.05, 0.1) is 23.7 Å². The van der Waals surface area contributed by atoms with E-state index in [1.807, 2.05) is 6.08 Å². The zero-order valence-corrected chi connectivity index (χ0v) is 13.4. The molecule has 0 saturated heterocycles. The first kappa shape index (κ1) is 16.2. The number of rotatable bonds is 5. The first-order valence-electron chi connectivity index (χ1n) is 6.18. The molecule has 0 aliphatic carbocycles. The smallest absolute Gasteiger partial charge is 0.336 e. The van der Waals surface area contributed by atoms with Crippen molar-refractivity contribution >= 4 is 31.9 Å². The molecule has 1 aliphatic rings. The largest absolute Gasteiger partial charge is 0.478 e. The van der Waals surface area contributed by atoms with Gasteiger partial charge in [-0.15, -0.1) is 0 Å². The van der Waals surface area contributed by atoms with E-state index in [9.17, 15) is 13.2 Å². The lowest BCUT2D eigenvalue weighted by molar-refractivity contribution is 0.0695. The summed E-state index contributed by atoms with van der Waals surface area (Å²) in [5, 5.41) is 8.92. The number of hydrogen-bond acceptors (Lipinski definition) is 4. The molecule has 0 atom stereocenters. The van der Waals surface area contributed by atoms with Crippen LogP contribution in [0.25, 0.3) is 0 Å². The first-order chi connectivity index (χ1) is 9.90. The number of carboxylic acids is 1. The zero-order chi connectivity index (χ0) is 15.5. The minimum Gasteiger partial charge on any atom is -0.478 e. The van der Waals surface area contributed by atoms with E-state index in [1.54, 1.807) is 0 Å². The highest BCUT2D eigenvalue weighted by Gasteiger charge is 2.18. The molecule has 0 unspecified atom stereocenters. The number of carboxylic acid groups (broad SMARTS) is 1. The molecule has 114 valence electrons. The molecule has 1 aromatic carbocycles. The van der Waals surface area contributed by atoms with Crippen molar-refractivity contribution in [3.8, 4) is 0 Å². The molecule has 0 amide bonds. The van der Waals surface area contributed by atoms with Gasteiger partial charge in [-0.05, 0) is 40.5 Å². The van der Waals surface area contributed by atoms with Crippen LogP contribution in [0, 0.1) is 0 Å². The van der Waals surface area contributed by atoms with Crippen molar-refractivity contribution in [1.82, 2.24) is 4.72 Å². The molecule has 8 heteroatoms. The molecular weight excluding hydrogens is 362 g/mol. The Kier molecular flexibility index (Phi) is 5.15. The van der Waals surface area contributed by atoms with E-state index in [2.05, 4.69) is 20.7 Å². The third kappa shape index (κ3) is 4.13. The van der Waals surface area contributed by atoms with Gasteiger partial charge in [0.1, 0.15) is 0 Å². The summed E-state index contributed by atoms with van der Waals surface area (Å²) in [5.74, 6) is -1.12. The summed E-state index contributed by atoms with van der Waals surface area (Å²) >= 11 is 3.07. The Labute approximate surface area is 131 Å². The van der Waals surface area contributed by atoms with Gasteiger partial charge in [0.15, 0.2) is 0 Å². The molecule has 21 heavy (non-hydrogen) atoms. The minimum absolute atomic E-state index is 0.0149. The predicted molar refractivity (Wildman–Crippen MR) is 79.8 cm³/mol. The van der Waals surface area contributed by atoms with Crippen LogP contribution in [-0.2, 0) is 14.8 Å². The highest BCUT2D eigenvalue weighted by molar-refractivity contribution is 9.10. The SMILES string of the molecule is O=C(O)c1ccc(S(=O)(=O)NCC2=CCOCC2)cc1Br. The van der Waals surface area contributed by atoms with E-state index in [1.165, 1.54) is 18.2 Å². The number of nitrogens with one attached hydrogen (secondary N) is 1. The second-order valence-corrected chi connectivity index (χ2v) is 7.08. The molecule has 0 aromatic heterocycles. The normalized spacial score (nSPS) is 15.6. The number of benzene rings is 1. The van der Waals surface area contributed by atoms with Gasteiger partial charge in [-0.1, -0.05) is 11.6 Å². The van der Waals surface area contributed by atoms with E-state index in [-0.39, 0.29) is 21.5 Å². The van der Waals surface area contributed by atoms with Crippen molar-refractivity contribution in [3.05, 3.63) is 39.9 Å². The molecule has 6 nitrogen and oxygen atoms in total. The van der Waals surface area contributed by atoms with E-state index >= 15 is 0 Å².